The highest BCUT2D eigenvalue weighted by molar-refractivity contribution is 5.94. The Kier molecular flexibility index (Phi) is 6.68. The molecule has 1 aliphatic rings. The van der Waals surface area contributed by atoms with Gasteiger partial charge in [0.2, 0.25) is 17.7 Å². The first-order valence-electron chi connectivity index (χ1n) is 8.84. The lowest BCUT2D eigenvalue weighted by Crippen LogP contribution is -2.47. The van der Waals surface area contributed by atoms with Gasteiger partial charge in [0.05, 0.1) is 0 Å². The third-order valence-electron chi connectivity index (χ3n) is 4.14. The summed E-state index contributed by atoms with van der Waals surface area (Å²) in [4.78, 5) is 42.4. The van der Waals surface area contributed by atoms with E-state index in [0.717, 1.165) is 5.56 Å². The number of aryl methyl sites for hydroxylation is 1. The largest absolute Gasteiger partial charge is 0.352 e. The van der Waals surface area contributed by atoms with Crippen LogP contribution in [-0.4, -0.2) is 52.3 Å². The van der Waals surface area contributed by atoms with Crippen LogP contribution < -0.4 is 16.4 Å². The van der Waals surface area contributed by atoms with Crippen molar-refractivity contribution in [1.29, 1.82) is 0 Å². The standard InChI is InChI=1S/C18H27N5O3/c1-11(2)21-18(26)14-9-13(19)10-23(14)17(25)5-4-16(24)22-15-8-12(3)6-7-20-15/h6-8,11,13-14H,4-5,9-10,19H2,1-3H3,(H,21,26)(H,20,22,24)/t13-,14-/m0/s1. The fourth-order valence-electron chi connectivity index (χ4n) is 2.95. The van der Waals surface area contributed by atoms with Crippen LogP contribution in [0, 0.1) is 6.92 Å². The van der Waals surface area contributed by atoms with Crippen LogP contribution in [0.4, 0.5) is 5.82 Å². The second-order valence-electron chi connectivity index (χ2n) is 6.99. The molecule has 4 N–H and O–H groups in total. The first-order chi connectivity index (χ1) is 12.3. The van der Waals surface area contributed by atoms with E-state index < -0.39 is 6.04 Å². The number of hydrogen-bond acceptors (Lipinski definition) is 5. The smallest absolute Gasteiger partial charge is 0.243 e. The van der Waals surface area contributed by atoms with Crippen LogP contribution in [0.25, 0.3) is 0 Å². The number of carbonyl (C=O) groups excluding carboxylic acids is 3. The van der Waals surface area contributed by atoms with Crippen molar-refractivity contribution in [1.82, 2.24) is 15.2 Å². The summed E-state index contributed by atoms with van der Waals surface area (Å²) in [5.74, 6) is -0.271. The number of nitrogens with one attached hydrogen (secondary N) is 2. The van der Waals surface area contributed by atoms with Gasteiger partial charge in [0.25, 0.3) is 0 Å². The Morgan fingerprint density at radius 2 is 2.08 bits per heavy atom. The van der Waals surface area contributed by atoms with Crippen molar-refractivity contribution in [3.05, 3.63) is 23.9 Å². The molecular weight excluding hydrogens is 334 g/mol. The van der Waals surface area contributed by atoms with E-state index in [-0.39, 0.29) is 42.6 Å². The van der Waals surface area contributed by atoms with Crippen LogP contribution in [0.5, 0.6) is 0 Å². The molecule has 0 unspecified atom stereocenters. The lowest BCUT2D eigenvalue weighted by Gasteiger charge is -2.24. The SMILES string of the molecule is Cc1ccnc(NC(=O)CCC(=O)N2C[C@@H](N)C[C@H]2C(=O)NC(C)C)c1. The summed E-state index contributed by atoms with van der Waals surface area (Å²) in [6.45, 7) is 5.96. The van der Waals surface area contributed by atoms with Crippen LogP contribution in [0.15, 0.2) is 18.3 Å². The van der Waals surface area contributed by atoms with Gasteiger partial charge in [-0.2, -0.15) is 0 Å². The van der Waals surface area contributed by atoms with Gasteiger partial charge in [-0.15, -0.1) is 0 Å². The molecule has 2 rings (SSSR count). The number of nitrogens with zero attached hydrogens (tertiary/aromatic N) is 2. The normalized spacial score (nSPS) is 19.5. The van der Waals surface area contributed by atoms with Crippen molar-refractivity contribution in [3.63, 3.8) is 0 Å². The molecular formula is C18H27N5O3. The highest BCUT2D eigenvalue weighted by Gasteiger charge is 2.38. The first kappa shape index (κ1) is 19.8. The molecule has 2 heterocycles. The van der Waals surface area contributed by atoms with Gasteiger partial charge in [-0.25, -0.2) is 4.98 Å². The summed E-state index contributed by atoms with van der Waals surface area (Å²) in [6, 6.07) is 2.78. The second kappa shape index (κ2) is 8.75. The van der Waals surface area contributed by atoms with E-state index in [0.29, 0.717) is 18.8 Å². The maximum absolute atomic E-state index is 12.5. The molecule has 0 spiro atoms. The third-order valence-corrected chi connectivity index (χ3v) is 4.14. The first-order valence-corrected chi connectivity index (χ1v) is 8.84. The molecule has 1 fully saturated rings. The molecule has 0 radical (unpaired) electrons. The maximum atomic E-state index is 12.5. The number of nitrogens with two attached hydrogens (primary N) is 1. The fraction of sp³-hybridized carbons (Fsp3) is 0.556. The average Bonchev–Trinajstić information content (AvgIpc) is 2.94. The molecule has 8 heteroatoms. The fourth-order valence-corrected chi connectivity index (χ4v) is 2.95. The Morgan fingerprint density at radius 1 is 1.35 bits per heavy atom. The number of rotatable bonds is 6. The van der Waals surface area contributed by atoms with Gasteiger partial charge in [-0.05, 0) is 44.9 Å². The summed E-state index contributed by atoms with van der Waals surface area (Å²) in [5, 5.41) is 5.49. The Bertz CT molecular complexity index is 677. The minimum Gasteiger partial charge on any atom is -0.352 e. The van der Waals surface area contributed by atoms with Crippen molar-refractivity contribution >= 4 is 23.5 Å². The minimum absolute atomic E-state index is 0.0103. The highest BCUT2D eigenvalue weighted by atomic mass is 16.2. The van der Waals surface area contributed by atoms with Crippen LogP contribution in [0.2, 0.25) is 0 Å². The molecule has 1 aromatic rings. The van der Waals surface area contributed by atoms with E-state index in [9.17, 15) is 14.4 Å². The molecule has 3 amide bonds. The zero-order chi connectivity index (χ0) is 19.3. The third kappa shape index (κ3) is 5.52. The summed E-state index contributed by atoms with van der Waals surface area (Å²) < 4.78 is 0. The minimum atomic E-state index is -0.568. The molecule has 1 aromatic heterocycles. The summed E-state index contributed by atoms with van der Waals surface area (Å²) in [6.07, 6.45) is 2.10. The van der Waals surface area contributed by atoms with Crippen molar-refractivity contribution < 1.29 is 14.4 Å². The topological polar surface area (TPSA) is 117 Å². The molecule has 142 valence electrons. The number of pyridine rings is 1. The number of likely N-dealkylation sites (tertiary alicyclic amines) is 1. The Hall–Kier alpha value is -2.48. The van der Waals surface area contributed by atoms with Gasteiger partial charge >= 0.3 is 0 Å². The molecule has 0 saturated carbocycles. The van der Waals surface area contributed by atoms with E-state index in [1.54, 1.807) is 12.3 Å². The van der Waals surface area contributed by atoms with Gasteiger partial charge in [0.15, 0.2) is 0 Å². The monoisotopic (exact) mass is 361 g/mol. The second-order valence-corrected chi connectivity index (χ2v) is 6.99. The summed E-state index contributed by atoms with van der Waals surface area (Å²) >= 11 is 0. The van der Waals surface area contributed by atoms with Crippen molar-refractivity contribution in [2.75, 3.05) is 11.9 Å². The quantitative estimate of drug-likeness (QED) is 0.684. The molecule has 26 heavy (non-hydrogen) atoms. The maximum Gasteiger partial charge on any atom is 0.243 e. The van der Waals surface area contributed by atoms with Crippen molar-refractivity contribution in [2.24, 2.45) is 5.73 Å². The lowest BCUT2D eigenvalue weighted by atomic mass is 10.1. The predicted molar refractivity (Wildman–Crippen MR) is 98.2 cm³/mol. The van der Waals surface area contributed by atoms with Gasteiger partial charge in [-0.1, -0.05) is 0 Å². The van der Waals surface area contributed by atoms with Gasteiger partial charge < -0.3 is 21.3 Å². The van der Waals surface area contributed by atoms with E-state index in [1.165, 1.54) is 4.90 Å². The molecule has 2 atom stereocenters. The van der Waals surface area contributed by atoms with E-state index >= 15 is 0 Å². The van der Waals surface area contributed by atoms with Crippen LogP contribution in [0.1, 0.15) is 38.7 Å². The van der Waals surface area contributed by atoms with Crippen molar-refractivity contribution in [3.8, 4) is 0 Å². The number of hydrogen-bond donors (Lipinski definition) is 3. The van der Waals surface area contributed by atoms with Crippen LogP contribution in [0.3, 0.4) is 0 Å². The molecule has 0 bridgehead atoms. The molecule has 0 aliphatic carbocycles. The zero-order valence-electron chi connectivity index (χ0n) is 15.5. The van der Waals surface area contributed by atoms with Gasteiger partial charge in [0, 0.05) is 37.7 Å². The van der Waals surface area contributed by atoms with Crippen molar-refractivity contribution in [2.45, 2.75) is 58.2 Å². The molecule has 0 aromatic carbocycles. The van der Waals surface area contributed by atoms with Crippen LogP contribution >= 0.6 is 0 Å². The number of amides is 3. The molecule has 1 aliphatic heterocycles. The molecule has 1 saturated heterocycles. The highest BCUT2D eigenvalue weighted by Crippen LogP contribution is 2.19. The van der Waals surface area contributed by atoms with E-state index in [4.69, 9.17) is 5.73 Å². The summed E-state index contributed by atoms with van der Waals surface area (Å²) in [7, 11) is 0. The Balaban J connectivity index is 1.89. The Morgan fingerprint density at radius 3 is 2.73 bits per heavy atom. The number of anilines is 1. The number of aromatic nitrogens is 1. The number of carbonyl (C=O) groups is 3. The van der Waals surface area contributed by atoms with Gasteiger partial charge in [-0.3, -0.25) is 14.4 Å². The zero-order valence-corrected chi connectivity index (χ0v) is 15.5. The molecule has 8 nitrogen and oxygen atoms in total. The van der Waals surface area contributed by atoms with Crippen LogP contribution in [-0.2, 0) is 14.4 Å². The predicted octanol–water partition coefficient (Wildman–Crippen LogP) is 0.562. The average molecular weight is 361 g/mol. The van der Waals surface area contributed by atoms with Gasteiger partial charge in [0.1, 0.15) is 11.9 Å². The lowest BCUT2D eigenvalue weighted by molar-refractivity contribution is -0.139. The van der Waals surface area contributed by atoms with E-state index in [2.05, 4.69) is 15.6 Å². The van der Waals surface area contributed by atoms with E-state index in [1.807, 2.05) is 26.8 Å². The summed E-state index contributed by atoms with van der Waals surface area (Å²) in [5.41, 5.74) is 6.92. The Labute approximate surface area is 153 Å².